The van der Waals surface area contributed by atoms with E-state index in [1.54, 1.807) is 10.6 Å². The first-order chi connectivity index (χ1) is 15.1. The smallest absolute Gasteiger partial charge is 0.272 e. The lowest BCUT2D eigenvalue weighted by Gasteiger charge is -2.11. The minimum atomic E-state index is -0.144. The molecule has 0 aliphatic heterocycles. The van der Waals surface area contributed by atoms with Crippen molar-refractivity contribution in [1.29, 1.82) is 0 Å². The monoisotopic (exact) mass is 447 g/mol. The largest absolute Gasteiger partial charge is 0.325 e. The maximum absolute atomic E-state index is 13.1. The number of anilines is 1. The number of para-hydroxylation sites is 1. The van der Waals surface area contributed by atoms with Gasteiger partial charge < -0.3 is 5.32 Å². The SMILES string of the molecule is C=CCn1c(SCC(=O)Nc2ccccc2C)nc2cc(-c3ccccc3)sc2c1=O. The van der Waals surface area contributed by atoms with Gasteiger partial charge in [0, 0.05) is 17.1 Å². The Balaban J connectivity index is 1.62. The number of aryl methyl sites for hydroxylation is 1. The van der Waals surface area contributed by atoms with Crippen molar-refractivity contribution in [3.8, 4) is 10.4 Å². The molecule has 2 heterocycles. The molecule has 0 bridgehead atoms. The fourth-order valence-electron chi connectivity index (χ4n) is 3.17. The predicted octanol–water partition coefficient (Wildman–Crippen LogP) is 5.35. The van der Waals surface area contributed by atoms with Crippen LogP contribution in [0.3, 0.4) is 0 Å². The fraction of sp³-hybridized carbons (Fsp3) is 0.125. The number of aromatic nitrogens is 2. The Bertz CT molecular complexity index is 1310. The summed E-state index contributed by atoms with van der Waals surface area (Å²) in [4.78, 5) is 31.3. The summed E-state index contributed by atoms with van der Waals surface area (Å²) in [6.07, 6.45) is 1.66. The molecule has 5 nitrogen and oxygen atoms in total. The number of carbonyl (C=O) groups excluding carboxylic acids is 1. The van der Waals surface area contributed by atoms with Crippen LogP contribution in [0.25, 0.3) is 20.7 Å². The van der Waals surface area contributed by atoms with E-state index in [4.69, 9.17) is 4.98 Å². The summed E-state index contributed by atoms with van der Waals surface area (Å²) >= 11 is 2.69. The molecule has 0 radical (unpaired) electrons. The fourth-order valence-corrected chi connectivity index (χ4v) is 5.02. The van der Waals surface area contributed by atoms with E-state index >= 15 is 0 Å². The predicted molar refractivity (Wildman–Crippen MR) is 130 cm³/mol. The Hall–Kier alpha value is -3.16. The van der Waals surface area contributed by atoms with Gasteiger partial charge >= 0.3 is 0 Å². The first-order valence-corrected chi connectivity index (χ1v) is 11.6. The molecule has 4 rings (SSSR count). The third-order valence-electron chi connectivity index (χ3n) is 4.72. The molecular formula is C24H21N3O2S2. The third-order valence-corrected chi connectivity index (χ3v) is 6.86. The van der Waals surface area contributed by atoms with Crippen LogP contribution >= 0.6 is 23.1 Å². The Morgan fingerprint density at radius 3 is 2.68 bits per heavy atom. The number of amides is 1. The Kier molecular flexibility index (Phi) is 6.34. The molecule has 2 aromatic heterocycles. The Labute approximate surface area is 188 Å². The van der Waals surface area contributed by atoms with Crippen LogP contribution in [0.1, 0.15) is 5.56 Å². The molecule has 7 heteroatoms. The summed E-state index contributed by atoms with van der Waals surface area (Å²) in [5, 5.41) is 3.43. The number of thiophene rings is 1. The summed E-state index contributed by atoms with van der Waals surface area (Å²) in [5.41, 5.74) is 3.36. The first-order valence-electron chi connectivity index (χ1n) is 9.76. The molecule has 0 saturated heterocycles. The molecule has 0 saturated carbocycles. The van der Waals surface area contributed by atoms with Crippen molar-refractivity contribution in [2.45, 2.75) is 18.6 Å². The average Bonchev–Trinajstić information content (AvgIpc) is 3.21. The average molecular weight is 448 g/mol. The number of carbonyl (C=O) groups is 1. The number of benzene rings is 2. The van der Waals surface area contributed by atoms with Gasteiger partial charge in [0.1, 0.15) is 4.70 Å². The summed E-state index contributed by atoms with van der Waals surface area (Å²) in [6.45, 7) is 6.04. The summed E-state index contributed by atoms with van der Waals surface area (Å²) < 4.78 is 2.18. The van der Waals surface area contributed by atoms with Crippen LogP contribution in [0, 0.1) is 6.92 Å². The molecule has 0 unspecified atom stereocenters. The van der Waals surface area contributed by atoms with E-state index < -0.39 is 0 Å². The van der Waals surface area contributed by atoms with Gasteiger partial charge in [-0.05, 0) is 30.2 Å². The Morgan fingerprint density at radius 1 is 1.19 bits per heavy atom. The zero-order chi connectivity index (χ0) is 21.8. The van der Waals surface area contributed by atoms with Crippen molar-refractivity contribution >= 4 is 44.9 Å². The summed E-state index contributed by atoms with van der Waals surface area (Å²) in [5.74, 6) is 0.00753. The maximum atomic E-state index is 13.1. The number of rotatable bonds is 7. The standard InChI is InChI=1S/C24H21N3O2S2/c1-3-13-27-23(29)22-19(14-20(31-22)17-10-5-4-6-11-17)26-24(27)30-15-21(28)25-18-12-8-7-9-16(18)2/h3-12,14H,1,13,15H2,2H3,(H,25,28). The van der Waals surface area contributed by atoms with E-state index in [-0.39, 0.29) is 17.2 Å². The van der Waals surface area contributed by atoms with Gasteiger partial charge in [-0.25, -0.2) is 4.98 Å². The molecule has 0 aliphatic rings. The van der Waals surface area contributed by atoms with Crippen LogP contribution in [0.2, 0.25) is 0 Å². The highest BCUT2D eigenvalue weighted by Gasteiger charge is 2.16. The number of hydrogen-bond acceptors (Lipinski definition) is 5. The minimum absolute atomic E-state index is 0.112. The third kappa shape index (κ3) is 4.62. The number of fused-ring (bicyclic) bond motifs is 1. The van der Waals surface area contributed by atoms with E-state index in [0.29, 0.717) is 21.9 Å². The summed E-state index contributed by atoms with van der Waals surface area (Å²) in [7, 11) is 0. The lowest BCUT2D eigenvalue weighted by molar-refractivity contribution is -0.113. The second-order valence-corrected chi connectivity index (χ2v) is 8.94. The second-order valence-electron chi connectivity index (χ2n) is 6.94. The van der Waals surface area contributed by atoms with Crippen LogP contribution in [-0.4, -0.2) is 21.2 Å². The zero-order valence-corrected chi connectivity index (χ0v) is 18.6. The van der Waals surface area contributed by atoms with Crippen LogP contribution in [0.4, 0.5) is 5.69 Å². The van der Waals surface area contributed by atoms with Crippen molar-refractivity contribution in [3.05, 3.63) is 89.2 Å². The molecule has 0 fully saturated rings. The number of thioether (sulfide) groups is 1. The molecular weight excluding hydrogens is 426 g/mol. The molecule has 31 heavy (non-hydrogen) atoms. The van der Waals surface area contributed by atoms with Gasteiger partial charge in [0.05, 0.1) is 11.3 Å². The highest BCUT2D eigenvalue weighted by Crippen LogP contribution is 2.32. The molecule has 2 aromatic carbocycles. The molecule has 0 atom stereocenters. The quantitative estimate of drug-likeness (QED) is 0.236. The number of nitrogens with zero attached hydrogens (tertiary/aromatic N) is 2. The lowest BCUT2D eigenvalue weighted by atomic mass is 10.2. The number of nitrogens with one attached hydrogen (secondary N) is 1. The van der Waals surface area contributed by atoms with Crippen molar-refractivity contribution in [1.82, 2.24) is 9.55 Å². The molecule has 0 spiro atoms. The molecule has 4 aromatic rings. The number of hydrogen-bond donors (Lipinski definition) is 1. The normalized spacial score (nSPS) is 10.9. The lowest BCUT2D eigenvalue weighted by Crippen LogP contribution is -2.23. The summed E-state index contributed by atoms with van der Waals surface area (Å²) in [6, 6.07) is 19.5. The van der Waals surface area contributed by atoms with E-state index in [2.05, 4.69) is 11.9 Å². The van der Waals surface area contributed by atoms with Gasteiger partial charge in [0.15, 0.2) is 5.16 Å². The van der Waals surface area contributed by atoms with Crippen LogP contribution in [-0.2, 0) is 11.3 Å². The van der Waals surface area contributed by atoms with Crippen molar-refractivity contribution in [3.63, 3.8) is 0 Å². The maximum Gasteiger partial charge on any atom is 0.272 e. The minimum Gasteiger partial charge on any atom is -0.325 e. The van der Waals surface area contributed by atoms with Gasteiger partial charge in [-0.1, -0.05) is 66.4 Å². The topological polar surface area (TPSA) is 64.0 Å². The Morgan fingerprint density at radius 2 is 1.94 bits per heavy atom. The van der Waals surface area contributed by atoms with E-state index in [1.807, 2.05) is 67.6 Å². The molecule has 1 amide bonds. The van der Waals surface area contributed by atoms with Gasteiger partial charge in [-0.2, -0.15) is 0 Å². The second kappa shape index (κ2) is 9.32. The van der Waals surface area contributed by atoms with E-state index in [0.717, 1.165) is 21.7 Å². The molecule has 156 valence electrons. The zero-order valence-electron chi connectivity index (χ0n) is 17.0. The van der Waals surface area contributed by atoms with E-state index in [1.165, 1.54) is 23.1 Å². The highest BCUT2D eigenvalue weighted by atomic mass is 32.2. The molecule has 0 aliphatic carbocycles. The van der Waals surface area contributed by atoms with Gasteiger partial charge in [-0.15, -0.1) is 17.9 Å². The van der Waals surface area contributed by atoms with Crippen molar-refractivity contribution in [2.24, 2.45) is 0 Å². The van der Waals surface area contributed by atoms with Crippen LogP contribution in [0.15, 0.2) is 83.3 Å². The first kappa shape index (κ1) is 21.1. The van der Waals surface area contributed by atoms with Crippen molar-refractivity contribution < 1.29 is 4.79 Å². The highest BCUT2D eigenvalue weighted by molar-refractivity contribution is 7.99. The van der Waals surface area contributed by atoms with Crippen molar-refractivity contribution in [2.75, 3.05) is 11.1 Å². The van der Waals surface area contributed by atoms with Gasteiger partial charge in [0.25, 0.3) is 5.56 Å². The van der Waals surface area contributed by atoms with Gasteiger partial charge in [-0.3, -0.25) is 14.2 Å². The van der Waals surface area contributed by atoms with E-state index in [9.17, 15) is 9.59 Å². The van der Waals surface area contributed by atoms with Crippen LogP contribution in [0.5, 0.6) is 0 Å². The van der Waals surface area contributed by atoms with Crippen LogP contribution < -0.4 is 10.9 Å². The van der Waals surface area contributed by atoms with Gasteiger partial charge in [0.2, 0.25) is 5.91 Å². The molecule has 1 N–H and O–H groups in total. The number of allylic oxidation sites excluding steroid dienone is 1.